The number of urea groups is 1. The molecule has 23 heavy (non-hydrogen) atoms. The highest BCUT2D eigenvalue weighted by atomic mass is 16.2. The lowest BCUT2D eigenvalue weighted by Crippen LogP contribution is -2.55. The maximum absolute atomic E-state index is 12.5. The Hall–Kier alpha value is -1.67. The topological polar surface area (TPSA) is 85.0 Å². The smallest absolute Gasteiger partial charge is 0.325 e. The molecule has 1 atom stereocenters. The maximum Gasteiger partial charge on any atom is 0.325 e. The summed E-state index contributed by atoms with van der Waals surface area (Å²) in [4.78, 5) is 41.6. The third-order valence-electron chi connectivity index (χ3n) is 5.21. The van der Waals surface area contributed by atoms with Crippen LogP contribution in [0.2, 0.25) is 0 Å². The van der Waals surface area contributed by atoms with E-state index in [2.05, 4.69) is 15.5 Å². The van der Waals surface area contributed by atoms with Gasteiger partial charge in [0.1, 0.15) is 12.1 Å². The van der Waals surface area contributed by atoms with E-state index in [0.717, 1.165) is 32.6 Å². The number of nitrogens with one attached hydrogen (secondary N) is 2. The first-order valence-corrected chi connectivity index (χ1v) is 8.25. The molecule has 3 heterocycles. The van der Waals surface area contributed by atoms with Crippen molar-refractivity contribution < 1.29 is 14.4 Å². The van der Waals surface area contributed by atoms with Crippen LogP contribution in [0.5, 0.6) is 0 Å². The fourth-order valence-electron chi connectivity index (χ4n) is 3.49. The van der Waals surface area contributed by atoms with Crippen LogP contribution < -0.4 is 10.6 Å². The molecule has 0 bridgehead atoms. The molecule has 0 aromatic rings. The Morgan fingerprint density at radius 2 is 1.91 bits per heavy atom. The van der Waals surface area contributed by atoms with E-state index < -0.39 is 11.6 Å². The fraction of sp³-hybridized carbons (Fsp3) is 0.800. The van der Waals surface area contributed by atoms with Gasteiger partial charge in [0.15, 0.2) is 0 Å². The largest absolute Gasteiger partial charge is 0.339 e. The Morgan fingerprint density at radius 1 is 1.22 bits per heavy atom. The van der Waals surface area contributed by atoms with Crippen molar-refractivity contribution in [1.29, 1.82) is 0 Å². The molecule has 0 spiro atoms. The number of piperazine rings is 1. The highest BCUT2D eigenvalue weighted by molar-refractivity contribution is 6.07. The Morgan fingerprint density at radius 3 is 2.43 bits per heavy atom. The van der Waals surface area contributed by atoms with Gasteiger partial charge in [0.05, 0.1) is 0 Å². The summed E-state index contributed by atoms with van der Waals surface area (Å²) in [6.45, 7) is 8.46. The summed E-state index contributed by atoms with van der Waals surface area (Å²) in [6, 6.07) is 0.0946. The number of amides is 4. The minimum atomic E-state index is -0.968. The molecular formula is C15H25N5O3. The second-order valence-electron chi connectivity index (χ2n) is 6.97. The van der Waals surface area contributed by atoms with E-state index in [4.69, 9.17) is 0 Å². The first kappa shape index (κ1) is 16.2. The maximum atomic E-state index is 12.5. The quantitative estimate of drug-likeness (QED) is 0.639. The van der Waals surface area contributed by atoms with Crippen molar-refractivity contribution in [3.8, 4) is 0 Å². The van der Waals surface area contributed by atoms with Crippen molar-refractivity contribution in [1.82, 2.24) is 25.3 Å². The van der Waals surface area contributed by atoms with Gasteiger partial charge in [-0.2, -0.15) is 0 Å². The molecule has 1 unspecified atom stereocenters. The fourth-order valence-corrected chi connectivity index (χ4v) is 3.49. The lowest BCUT2D eigenvalue weighted by molar-refractivity contribution is -0.135. The third kappa shape index (κ3) is 3.05. The number of rotatable bonds is 3. The zero-order valence-electron chi connectivity index (χ0n) is 13.8. The number of carbonyl (C=O) groups excluding carboxylic acids is 3. The van der Waals surface area contributed by atoms with Gasteiger partial charge >= 0.3 is 6.03 Å². The SMILES string of the molecule is CC1(C)C(=O)NC(=O)N1CC(=O)N1CCN(C2CCNC2)CC1. The van der Waals surface area contributed by atoms with Gasteiger partial charge in [-0.3, -0.25) is 19.8 Å². The summed E-state index contributed by atoms with van der Waals surface area (Å²) in [6.07, 6.45) is 1.16. The molecule has 3 saturated heterocycles. The summed E-state index contributed by atoms with van der Waals surface area (Å²) in [5, 5.41) is 5.64. The minimum Gasteiger partial charge on any atom is -0.339 e. The molecular weight excluding hydrogens is 298 g/mol. The van der Waals surface area contributed by atoms with E-state index in [-0.39, 0.29) is 18.4 Å². The van der Waals surface area contributed by atoms with Crippen LogP contribution in [0.15, 0.2) is 0 Å². The summed E-state index contributed by atoms with van der Waals surface area (Å²) in [5.74, 6) is -0.444. The zero-order valence-corrected chi connectivity index (χ0v) is 13.8. The lowest BCUT2D eigenvalue weighted by Gasteiger charge is -2.38. The minimum absolute atomic E-state index is 0.0461. The lowest BCUT2D eigenvalue weighted by atomic mass is 10.0. The Bertz CT molecular complexity index is 507. The number of carbonyl (C=O) groups is 3. The number of hydrogen-bond donors (Lipinski definition) is 2. The van der Waals surface area contributed by atoms with Crippen LogP contribution >= 0.6 is 0 Å². The molecule has 0 aliphatic carbocycles. The van der Waals surface area contributed by atoms with Crippen molar-refractivity contribution in [2.75, 3.05) is 45.8 Å². The van der Waals surface area contributed by atoms with Crippen LogP contribution in [0.3, 0.4) is 0 Å². The Labute approximate surface area is 136 Å². The van der Waals surface area contributed by atoms with Gasteiger partial charge in [-0.15, -0.1) is 0 Å². The average molecular weight is 323 g/mol. The van der Waals surface area contributed by atoms with Gasteiger partial charge in [0.2, 0.25) is 5.91 Å². The molecule has 8 nitrogen and oxygen atoms in total. The van der Waals surface area contributed by atoms with Crippen LogP contribution in [0.25, 0.3) is 0 Å². The van der Waals surface area contributed by atoms with Gasteiger partial charge in [-0.1, -0.05) is 0 Å². The van der Waals surface area contributed by atoms with Gasteiger partial charge in [0, 0.05) is 38.8 Å². The van der Waals surface area contributed by atoms with Crippen molar-refractivity contribution in [2.24, 2.45) is 0 Å². The molecule has 3 fully saturated rings. The van der Waals surface area contributed by atoms with Crippen LogP contribution in [-0.4, -0.2) is 89.9 Å². The molecule has 0 radical (unpaired) electrons. The molecule has 3 rings (SSSR count). The monoisotopic (exact) mass is 323 g/mol. The predicted octanol–water partition coefficient (Wildman–Crippen LogP) is -1.18. The van der Waals surface area contributed by atoms with Crippen LogP contribution in [0.4, 0.5) is 4.79 Å². The molecule has 2 N–H and O–H groups in total. The Balaban J connectivity index is 1.53. The molecule has 8 heteroatoms. The third-order valence-corrected chi connectivity index (χ3v) is 5.21. The molecule has 128 valence electrons. The number of imide groups is 1. The van der Waals surface area contributed by atoms with Crippen molar-refractivity contribution in [3.05, 3.63) is 0 Å². The van der Waals surface area contributed by atoms with E-state index in [1.54, 1.807) is 18.7 Å². The Kier molecular flexibility index (Phi) is 4.29. The van der Waals surface area contributed by atoms with Gasteiger partial charge in [-0.05, 0) is 26.8 Å². The van der Waals surface area contributed by atoms with Gasteiger partial charge in [0.25, 0.3) is 5.91 Å². The summed E-state index contributed by atoms with van der Waals surface area (Å²) in [7, 11) is 0. The summed E-state index contributed by atoms with van der Waals surface area (Å²) in [5.41, 5.74) is -0.968. The van der Waals surface area contributed by atoms with E-state index in [9.17, 15) is 14.4 Å². The molecule has 3 aliphatic rings. The van der Waals surface area contributed by atoms with E-state index >= 15 is 0 Å². The highest BCUT2D eigenvalue weighted by Gasteiger charge is 2.46. The summed E-state index contributed by atoms with van der Waals surface area (Å²) >= 11 is 0. The van der Waals surface area contributed by atoms with Crippen LogP contribution in [-0.2, 0) is 9.59 Å². The van der Waals surface area contributed by atoms with E-state index in [0.29, 0.717) is 19.1 Å². The second kappa shape index (κ2) is 6.09. The molecule has 0 aromatic heterocycles. The van der Waals surface area contributed by atoms with Crippen LogP contribution in [0.1, 0.15) is 20.3 Å². The summed E-state index contributed by atoms with van der Waals surface area (Å²) < 4.78 is 0. The number of hydrogen-bond acceptors (Lipinski definition) is 5. The van der Waals surface area contributed by atoms with E-state index in [1.165, 1.54) is 4.90 Å². The van der Waals surface area contributed by atoms with Crippen molar-refractivity contribution >= 4 is 17.8 Å². The number of nitrogens with zero attached hydrogens (tertiary/aromatic N) is 3. The first-order valence-electron chi connectivity index (χ1n) is 8.25. The predicted molar refractivity (Wildman–Crippen MR) is 83.8 cm³/mol. The average Bonchev–Trinajstić information content (AvgIpc) is 3.11. The van der Waals surface area contributed by atoms with E-state index in [1.807, 2.05) is 0 Å². The van der Waals surface area contributed by atoms with Gasteiger partial charge in [-0.25, -0.2) is 4.79 Å². The normalized spacial score (nSPS) is 28.3. The molecule has 4 amide bonds. The molecule has 3 aliphatic heterocycles. The van der Waals surface area contributed by atoms with Crippen molar-refractivity contribution in [3.63, 3.8) is 0 Å². The second-order valence-corrected chi connectivity index (χ2v) is 6.97. The van der Waals surface area contributed by atoms with Crippen molar-refractivity contribution in [2.45, 2.75) is 31.8 Å². The van der Waals surface area contributed by atoms with Gasteiger partial charge < -0.3 is 15.1 Å². The zero-order chi connectivity index (χ0) is 16.6. The first-order chi connectivity index (χ1) is 10.9. The molecule has 0 saturated carbocycles. The highest BCUT2D eigenvalue weighted by Crippen LogP contribution is 2.21. The van der Waals surface area contributed by atoms with Crippen LogP contribution in [0, 0.1) is 0 Å². The standard InChI is InChI=1S/C15H25N5O3/c1-15(2)13(22)17-14(23)20(15)10-12(21)19-7-5-18(6-8-19)11-3-4-16-9-11/h11,16H,3-10H2,1-2H3,(H,17,22,23). The molecule has 0 aromatic carbocycles.